The van der Waals surface area contributed by atoms with Crippen LogP contribution in [0.3, 0.4) is 0 Å². The third kappa shape index (κ3) is 5.79. The highest BCUT2D eigenvalue weighted by molar-refractivity contribution is 6.31. The van der Waals surface area contributed by atoms with Crippen LogP contribution in [0.1, 0.15) is 43.8 Å². The Morgan fingerprint density at radius 1 is 1.32 bits per heavy atom. The number of hydrogen-bond donors (Lipinski definition) is 0. The fourth-order valence-corrected chi connectivity index (χ4v) is 3.40. The Labute approximate surface area is 187 Å². The molecule has 0 saturated heterocycles. The SMILES string of the molecule is CC=CCOC(=O)Oc1oc(C)cc1-c1cnc(CCCC)n1Cc1ccccc1Cl. The predicted molar refractivity (Wildman–Crippen MR) is 121 cm³/mol. The molecule has 1 aromatic carbocycles. The summed E-state index contributed by atoms with van der Waals surface area (Å²) in [6.45, 7) is 6.47. The fraction of sp³-hybridized carbons (Fsp3) is 0.333. The van der Waals surface area contributed by atoms with Gasteiger partial charge in [0, 0.05) is 11.4 Å². The van der Waals surface area contributed by atoms with Crippen molar-refractivity contribution in [3.63, 3.8) is 0 Å². The number of benzene rings is 1. The molecule has 0 bridgehead atoms. The van der Waals surface area contributed by atoms with Crippen molar-refractivity contribution in [2.45, 2.75) is 46.6 Å². The summed E-state index contributed by atoms with van der Waals surface area (Å²) < 4.78 is 18.1. The van der Waals surface area contributed by atoms with Crippen LogP contribution in [-0.2, 0) is 17.7 Å². The molecule has 2 heterocycles. The lowest BCUT2D eigenvalue weighted by Crippen LogP contribution is -2.11. The highest BCUT2D eigenvalue weighted by atomic mass is 35.5. The molecule has 31 heavy (non-hydrogen) atoms. The Kier molecular flexibility index (Phi) is 7.95. The van der Waals surface area contributed by atoms with Gasteiger partial charge in [0.1, 0.15) is 18.2 Å². The number of carbonyl (C=O) groups is 1. The van der Waals surface area contributed by atoms with E-state index in [4.69, 9.17) is 25.5 Å². The van der Waals surface area contributed by atoms with Crippen LogP contribution in [0.2, 0.25) is 5.02 Å². The zero-order valence-electron chi connectivity index (χ0n) is 18.1. The van der Waals surface area contributed by atoms with E-state index in [1.807, 2.05) is 37.3 Å². The molecule has 0 aliphatic carbocycles. The van der Waals surface area contributed by atoms with E-state index in [1.54, 1.807) is 25.3 Å². The van der Waals surface area contributed by atoms with Crippen molar-refractivity contribution < 1.29 is 18.7 Å². The van der Waals surface area contributed by atoms with Gasteiger partial charge in [-0.1, -0.05) is 55.3 Å². The van der Waals surface area contributed by atoms with E-state index in [0.29, 0.717) is 22.9 Å². The molecular formula is C24H27ClN2O4. The summed E-state index contributed by atoms with van der Waals surface area (Å²) in [5.74, 6) is 1.65. The van der Waals surface area contributed by atoms with E-state index in [0.717, 1.165) is 36.3 Å². The van der Waals surface area contributed by atoms with Crippen molar-refractivity contribution >= 4 is 17.8 Å². The van der Waals surface area contributed by atoms with E-state index < -0.39 is 6.16 Å². The summed E-state index contributed by atoms with van der Waals surface area (Å²) in [5, 5.41) is 0.691. The molecule has 3 rings (SSSR count). The van der Waals surface area contributed by atoms with E-state index in [2.05, 4.69) is 16.5 Å². The molecule has 164 valence electrons. The summed E-state index contributed by atoms with van der Waals surface area (Å²) >= 11 is 6.42. The summed E-state index contributed by atoms with van der Waals surface area (Å²) in [7, 11) is 0. The number of nitrogens with zero attached hydrogens (tertiary/aromatic N) is 2. The molecule has 0 aliphatic heterocycles. The molecule has 0 unspecified atom stereocenters. The Morgan fingerprint density at radius 3 is 2.87 bits per heavy atom. The number of rotatable bonds is 9. The lowest BCUT2D eigenvalue weighted by molar-refractivity contribution is 0.0997. The summed E-state index contributed by atoms with van der Waals surface area (Å²) in [5.41, 5.74) is 2.41. The maximum atomic E-state index is 12.1. The van der Waals surface area contributed by atoms with Gasteiger partial charge in [-0.25, -0.2) is 9.78 Å². The first-order valence-electron chi connectivity index (χ1n) is 10.4. The van der Waals surface area contributed by atoms with Crippen LogP contribution >= 0.6 is 11.6 Å². The Morgan fingerprint density at radius 2 is 2.13 bits per heavy atom. The van der Waals surface area contributed by atoms with Crippen LogP contribution in [-0.4, -0.2) is 22.3 Å². The zero-order chi connectivity index (χ0) is 22.2. The van der Waals surface area contributed by atoms with E-state index in [1.165, 1.54) is 0 Å². The molecule has 0 N–H and O–H groups in total. The first-order chi connectivity index (χ1) is 15.0. The molecule has 0 saturated carbocycles. The fourth-order valence-electron chi connectivity index (χ4n) is 3.20. The largest absolute Gasteiger partial charge is 0.516 e. The Balaban J connectivity index is 1.96. The average molecular weight is 443 g/mol. The molecule has 6 nitrogen and oxygen atoms in total. The maximum Gasteiger partial charge on any atom is 0.516 e. The molecule has 7 heteroatoms. The quantitative estimate of drug-likeness (QED) is 0.276. The van der Waals surface area contributed by atoms with Gasteiger partial charge in [-0.3, -0.25) is 0 Å². The standard InChI is InChI=1S/C24H27ClN2O4/c1-4-6-12-22-26-15-21(27(22)16-18-10-8-9-11-20(18)25)19-14-17(3)30-23(19)31-24(28)29-13-7-5-2/h5,7-11,14-15H,4,6,12-13,16H2,1-3H3. The lowest BCUT2D eigenvalue weighted by atomic mass is 10.2. The van der Waals surface area contributed by atoms with Gasteiger partial charge in [0.2, 0.25) is 0 Å². The molecule has 2 aromatic heterocycles. The predicted octanol–water partition coefficient (Wildman–Crippen LogP) is 6.59. The smallest absolute Gasteiger partial charge is 0.430 e. The monoisotopic (exact) mass is 442 g/mol. The van der Waals surface area contributed by atoms with Gasteiger partial charge in [0.05, 0.1) is 24.0 Å². The van der Waals surface area contributed by atoms with Gasteiger partial charge >= 0.3 is 12.1 Å². The van der Waals surface area contributed by atoms with Crippen molar-refractivity contribution in [2.75, 3.05) is 6.61 Å². The Hall–Kier alpha value is -2.99. The van der Waals surface area contributed by atoms with Crippen LogP contribution < -0.4 is 4.74 Å². The summed E-state index contributed by atoms with van der Waals surface area (Å²) in [6, 6.07) is 9.56. The second kappa shape index (κ2) is 10.9. The summed E-state index contributed by atoms with van der Waals surface area (Å²) in [4.78, 5) is 16.7. The number of halogens is 1. The maximum absolute atomic E-state index is 12.1. The van der Waals surface area contributed by atoms with Crippen LogP contribution in [0.5, 0.6) is 5.95 Å². The van der Waals surface area contributed by atoms with Gasteiger partial charge in [-0.15, -0.1) is 0 Å². The van der Waals surface area contributed by atoms with Crippen LogP contribution in [0.4, 0.5) is 4.79 Å². The number of carbonyl (C=O) groups excluding carboxylic acids is 1. The van der Waals surface area contributed by atoms with Crippen molar-refractivity contribution in [3.8, 4) is 17.2 Å². The van der Waals surface area contributed by atoms with Gasteiger partial charge in [-0.05, 0) is 38.0 Å². The second-order valence-electron chi connectivity index (χ2n) is 7.13. The zero-order valence-corrected chi connectivity index (χ0v) is 18.8. The summed E-state index contributed by atoms with van der Waals surface area (Å²) in [6.07, 6.45) is 7.38. The minimum Gasteiger partial charge on any atom is -0.430 e. The molecule has 0 spiro atoms. The van der Waals surface area contributed by atoms with Gasteiger partial charge in [0.15, 0.2) is 0 Å². The molecule has 0 atom stereocenters. The number of furan rings is 1. The minimum absolute atomic E-state index is 0.0883. The molecule has 3 aromatic rings. The van der Waals surface area contributed by atoms with E-state index >= 15 is 0 Å². The van der Waals surface area contributed by atoms with Crippen LogP contribution in [0, 0.1) is 6.92 Å². The van der Waals surface area contributed by atoms with Crippen molar-refractivity contribution in [1.82, 2.24) is 9.55 Å². The van der Waals surface area contributed by atoms with Crippen molar-refractivity contribution in [1.29, 1.82) is 0 Å². The van der Waals surface area contributed by atoms with Crippen molar-refractivity contribution in [2.24, 2.45) is 0 Å². The molecular weight excluding hydrogens is 416 g/mol. The molecule has 0 amide bonds. The first-order valence-corrected chi connectivity index (χ1v) is 10.8. The number of imidazole rings is 1. The minimum atomic E-state index is -0.822. The number of allylic oxidation sites excluding steroid dienone is 1. The van der Waals surface area contributed by atoms with Gasteiger partial charge < -0.3 is 18.5 Å². The molecule has 0 radical (unpaired) electrons. The number of aromatic nitrogens is 2. The molecule has 0 fully saturated rings. The van der Waals surface area contributed by atoms with E-state index in [9.17, 15) is 4.79 Å². The normalized spacial score (nSPS) is 11.2. The van der Waals surface area contributed by atoms with Crippen molar-refractivity contribution in [3.05, 3.63) is 70.9 Å². The molecule has 0 aliphatic rings. The average Bonchev–Trinajstić information content (AvgIpc) is 3.30. The van der Waals surface area contributed by atoms with E-state index in [-0.39, 0.29) is 12.6 Å². The Bertz CT molecular complexity index is 1050. The third-order valence-electron chi connectivity index (χ3n) is 4.78. The number of hydrogen-bond acceptors (Lipinski definition) is 5. The number of ether oxygens (including phenoxy) is 2. The topological polar surface area (TPSA) is 66.5 Å². The second-order valence-corrected chi connectivity index (χ2v) is 7.54. The van der Waals surface area contributed by atoms with Gasteiger partial charge in [-0.2, -0.15) is 0 Å². The van der Waals surface area contributed by atoms with Crippen LogP contribution in [0.15, 0.2) is 53.1 Å². The highest BCUT2D eigenvalue weighted by Crippen LogP contribution is 2.35. The highest BCUT2D eigenvalue weighted by Gasteiger charge is 2.22. The van der Waals surface area contributed by atoms with Crippen LogP contribution in [0.25, 0.3) is 11.3 Å². The first kappa shape index (κ1) is 22.7. The third-order valence-corrected chi connectivity index (χ3v) is 5.15. The number of unbranched alkanes of at least 4 members (excludes halogenated alkanes) is 1. The number of aryl methyl sites for hydroxylation is 2. The lowest BCUT2D eigenvalue weighted by Gasteiger charge is -2.13. The van der Waals surface area contributed by atoms with Gasteiger partial charge in [0.25, 0.3) is 0 Å².